The first kappa shape index (κ1) is 19.4. The van der Waals surface area contributed by atoms with E-state index in [1.54, 1.807) is 19.2 Å². The van der Waals surface area contributed by atoms with E-state index in [1.807, 2.05) is 30.3 Å². The molecule has 5 rings (SSSR count). The van der Waals surface area contributed by atoms with E-state index in [0.29, 0.717) is 5.75 Å². The number of anilines is 1. The lowest BCUT2D eigenvalue weighted by molar-refractivity contribution is 0.414. The van der Waals surface area contributed by atoms with Crippen LogP contribution in [0.2, 0.25) is 0 Å². The lowest BCUT2D eigenvalue weighted by Gasteiger charge is -2.35. The Morgan fingerprint density at radius 1 is 1.00 bits per heavy atom. The fourth-order valence-electron chi connectivity index (χ4n) is 4.55. The molecule has 3 aromatic carbocycles. The van der Waals surface area contributed by atoms with Gasteiger partial charge in [0.1, 0.15) is 23.1 Å². The van der Waals surface area contributed by atoms with Crippen LogP contribution in [0.4, 0.5) is 10.1 Å². The minimum Gasteiger partial charge on any atom is -0.497 e. The zero-order valence-corrected chi connectivity index (χ0v) is 18.0. The second kappa shape index (κ2) is 7.02. The molecular formula is C27H24FNO2. The van der Waals surface area contributed by atoms with E-state index >= 15 is 0 Å². The molecule has 156 valence electrons. The number of benzene rings is 3. The van der Waals surface area contributed by atoms with Crippen LogP contribution in [0.5, 0.6) is 11.5 Å². The number of methoxy groups -OCH3 is 1. The van der Waals surface area contributed by atoms with E-state index in [4.69, 9.17) is 9.47 Å². The molecule has 4 heteroatoms. The van der Waals surface area contributed by atoms with Gasteiger partial charge in [-0.3, -0.25) is 0 Å². The molecule has 0 unspecified atom stereocenters. The lowest BCUT2D eigenvalue weighted by atomic mass is 9.83. The van der Waals surface area contributed by atoms with E-state index in [2.05, 4.69) is 44.3 Å². The summed E-state index contributed by atoms with van der Waals surface area (Å²) < 4.78 is 25.9. The molecule has 0 atom stereocenters. The predicted molar refractivity (Wildman–Crippen MR) is 125 cm³/mol. The monoisotopic (exact) mass is 413 g/mol. The maximum absolute atomic E-state index is 14.1. The molecule has 0 aliphatic carbocycles. The molecule has 2 heterocycles. The van der Waals surface area contributed by atoms with Crippen LogP contribution >= 0.6 is 0 Å². The van der Waals surface area contributed by atoms with Crippen molar-refractivity contribution in [3.63, 3.8) is 0 Å². The molecule has 2 aliphatic rings. The molecule has 0 radical (unpaired) electrons. The number of ether oxygens (including phenoxy) is 2. The smallest absolute Gasteiger partial charge is 0.136 e. The minimum atomic E-state index is -0.280. The quantitative estimate of drug-likeness (QED) is 0.491. The average Bonchev–Trinajstić information content (AvgIpc) is 2.73. The van der Waals surface area contributed by atoms with Crippen molar-refractivity contribution in [2.45, 2.75) is 26.3 Å². The number of hydrogen-bond donors (Lipinski definition) is 1. The minimum absolute atomic E-state index is 0.151. The van der Waals surface area contributed by atoms with Gasteiger partial charge < -0.3 is 14.8 Å². The summed E-state index contributed by atoms with van der Waals surface area (Å²) in [7, 11) is 1.65. The number of hydrogen-bond acceptors (Lipinski definition) is 3. The lowest BCUT2D eigenvalue weighted by Crippen LogP contribution is -2.32. The van der Waals surface area contributed by atoms with Gasteiger partial charge in [0.05, 0.1) is 12.6 Å². The van der Waals surface area contributed by atoms with Crippen LogP contribution < -0.4 is 14.8 Å². The zero-order chi connectivity index (χ0) is 21.8. The van der Waals surface area contributed by atoms with Crippen LogP contribution in [-0.2, 0) is 0 Å². The Morgan fingerprint density at radius 2 is 1.84 bits per heavy atom. The highest BCUT2D eigenvalue weighted by molar-refractivity contribution is 6.00. The summed E-state index contributed by atoms with van der Waals surface area (Å²) in [6.07, 6.45) is 4.24. The maximum Gasteiger partial charge on any atom is 0.136 e. The predicted octanol–water partition coefficient (Wildman–Crippen LogP) is 7.00. The highest BCUT2D eigenvalue weighted by atomic mass is 19.1. The number of rotatable bonds is 2. The van der Waals surface area contributed by atoms with Crippen molar-refractivity contribution >= 4 is 23.1 Å². The molecule has 0 spiro atoms. The van der Waals surface area contributed by atoms with Crippen LogP contribution in [-0.4, -0.2) is 12.6 Å². The molecule has 0 fully saturated rings. The van der Waals surface area contributed by atoms with E-state index < -0.39 is 0 Å². The number of nitrogens with one attached hydrogen (secondary N) is 1. The normalized spacial score (nSPS) is 16.9. The molecule has 3 aromatic rings. The number of fused-ring (bicyclic) bond motifs is 5. The molecule has 0 amide bonds. The fraction of sp³-hybridized carbons (Fsp3) is 0.185. The zero-order valence-electron chi connectivity index (χ0n) is 18.0. The fourth-order valence-corrected chi connectivity index (χ4v) is 4.55. The van der Waals surface area contributed by atoms with Crippen molar-refractivity contribution in [1.82, 2.24) is 0 Å². The molecule has 2 aliphatic heterocycles. The third kappa shape index (κ3) is 3.38. The van der Waals surface area contributed by atoms with Crippen LogP contribution in [0, 0.1) is 5.82 Å². The Kier molecular flexibility index (Phi) is 4.40. The van der Waals surface area contributed by atoms with Crippen molar-refractivity contribution in [2.75, 3.05) is 12.4 Å². The van der Waals surface area contributed by atoms with Crippen LogP contribution in [0.1, 0.15) is 37.5 Å². The Bertz CT molecular complexity index is 1270. The summed E-state index contributed by atoms with van der Waals surface area (Å²) in [6, 6.07) is 16.6. The van der Waals surface area contributed by atoms with Gasteiger partial charge in [-0.1, -0.05) is 24.3 Å². The summed E-state index contributed by atoms with van der Waals surface area (Å²) in [5.41, 5.74) is 6.80. The van der Waals surface area contributed by atoms with Gasteiger partial charge in [0.25, 0.3) is 0 Å². The largest absolute Gasteiger partial charge is 0.497 e. The first-order valence-corrected chi connectivity index (χ1v) is 10.3. The summed E-state index contributed by atoms with van der Waals surface area (Å²) in [4.78, 5) is 0. The van der Waals surface area contributed by atoms with Crippen molar-refractivity contribution in [3.05, 3.63) is 83.2 Å². The Morgan fingerprint density at radius 3 is 2.65 bits per heavy atom. The van der Waals surface area contributed by atoms with Crippen molar-refractivity contribution in [3.8, 4) is 22.6 Å². The summed E-state index contributed by atoms with van der Waals surface area (Å²) in [5, 5.41) is 3.60. The van der Waals surface area contributed by atoms with Gasteiger partial charge >= 0.3 is 0 Å². The molecule has 1 N–H and O–H groups in total. The molecule has 0 aromatic heterocycles. The van der Waals surface area contributed by atoms with Gasteiger partial charge in [-0.15, -0.1) is 0 Å². The van der Waals surface area contributed by atoms with Crippen LogP contribution in [0.15, 0.2) is 60.7 Å². The molecule has 0 bridgehead atoms. The first-order chi connectivity index (χ1) is 14.8. The van der Waals surface area contributed by atoms with Crippen molar-refractivity contribution in [1.29, 1.82) is 0 Å². The van der Waals surface area contributed by atoms with E-state index in [-0.39, 0.29) is 11.4 Å². The molecule has 31 heavy (non-hydrogen) atoms. The number of halogens is 1. The topological polar surface area (TPSA) is 30.5 Å². The molecule has 0 saturated carbocycles. The highest BCUT2D eigenvalue weighted by Gasteiger charge is 2.31. The molecule has 3 nitrogen and oxygen atoms in total. The third-order valence-electron chi connectivity index (χ3n) is 5.72. The summed E-state index contributed by atoms with van der Waals surface area (Å²) >= 11 is 0. The van der Waals surface area contributed by atoms with Gasteiger partial charge in [-0.25, -0.2) is 4.39 Å². The Labute approximate surface area is 181 Å². The van der Waals surface area contributed by atoms with Crippen molar-refractivity contribution in [2.24, 2.45) is 0 Å². The SMILES string of the molecule is COc1cccc(C=C2Oc3ccc(F)cc3-c3ccc4c(c32)C(C)=CC(C)(C)N4)c1. The van der Waals surface area contributed by atoms with Gasteiger partial charge in [-0.05, 0) is 79.9 Å². The van der Waals surface area contributed by atoms with Gasteiger partial charge in [0.2, 0.25) is 0 Å². The summed E-state index contributed by atoms with van der Waals surface area (Å²) in [5.74, 6) is 1.88. The first-order valence-electron chi connectivity index (χ1n) is 10.3. The van der Waals surface area contributed by atoms with Crippen LogP contribution in [0.25, 0.3) is 28.5 Å². The second-order valence-electron chi connectivity index (χ2n) is 8.61. The number of allylic oxidation sites excluding steroid dienone is 1. The highest BCUT2D eigenvalue weighted by Crippen LogP contribution is 2.49. The standard InChI is InChI=1S/C27H24FNO2/c1-16-15-27(2,3)29-22-10-9-20-21-14-18(28)8-11-23(21)31-24(26(20)25(16)22)13-17-6-5-7-19(12-17)30-4/h5-15,29H,1-4H3. The van der Waals surface area contributed by atoms with Crippen LogP contribution in [0.3, 0.4) is 0 Å². The second-order valence-corrected chi connectivity index (χ2v) is 8.61. The van der Waals surface area contributed by atoms with Gasteiger partial charge in [0, 0.05) is 22.4 Å². The van der Waals surface area contributed by atoms with Crippen molar-refractivity contribution < 1.29 is 13.9 Å². The summed E-state index contributed by atoms with van der Waals surface area (Å²) in [6.45, 7) is 6.41. The van der Waals surface area contributed by atoms with E-state index in [1.165, 1.54) is 6.07 Å². The van der Waals surface area contributed by atoms with E-state index in [0.717, 1.165) is 50.6 Å². The average molecular weight is 413 g/mol. The van der Waals surface area contributed by atoms with Gasteiger partial charge in [0.15, 0.2) is 0 Å². The third-order valence-corrected chi connectivity index (χ3v) is 5.72. The molecule has 0 saturated heterocycles. The Hall–Kier alpha value is -3.53. The molecular weight excluding hydrogens is 389 g/mol. The maximum atomic E-state index is 14.1. The van der Waals surface area contributed by atoms with Gasteiger partial charge in [-0.2, -0.15) is 0 Å². The Balaban J connectivity index is 1.78. The van der Waals surface area contributed by atoms with E-state index in [9.17, 15) is 4.39 Å².